The highest BCUT2D eigenvalue weighted by molar-refractivity contribution is 5.76. The van der Waals surface area contributed by atoms with Crippen LogP contribution >= 0.6 is 0 Å². The largest absolute Gasteiger partial charge is 0.378 e. The number of hydrogen-bond donors (Lipinski definition) is 0. The summed E-state index contributed by atoms with van der Waals surface area (Å²) in [6, 6.07) is 4.65. The molecule has 0 spiro atoms. The van der Waals surface area contributed by atoms with E-state index in [4.69, 9.17) is 9.47 Å². The Labute approximate surface area is 132 Å². The molecule has 2 saturated heterocycles. The van der Waals surface area contributed by atoms with Crippen molar-refractivity contribution >= 4 is 5.91 Å². The summed E-state index contributed by atoms with van der Waals surface area (Å²) in [7, 11) is 0. The van der Waals surface area contributed by atoms with Crippen LogP contribution < -0.4 is 0 Å². The second-order valence-corrected chi connectivity index (χ2v) is 6.20. The van der Waals surface area contributed by atoms with Crippen LogP contribution in [0.1, 0.15) is 38.1 Å². The fourth-order valence-electron chi connectivity index (χ4n) is 3.31. The number of ether oxygens (including phenoxy) is 2. The molecule has 0 aromatic carbocycles. The van der Waals surface area contributed by atoms with Crippen LogP contribution in [0.4, 0.5) is 0 Å². The Morgan fingerprint density at radius 3 is 2.64 bits per heavy atom. The van der Waals surface area contributed by atoms with Gasteiger partial charge in [-0.1, -0.05) is 0 Å². The molecule has 22 heavy (non-hydrogen) atoms. The van der Waals surface area contributed by atoms with E-state index in [-0.39, 0.29) is 12.0 Å². The summed E-state index contributed by atoms with van der Waals surface area (Å²) in [6.45, 7) is 3.70. The molecule has 0 saturated carbocycles. The van der Waals surface area contributed by atoms with Crippen molar-refractivity contribution in [2.75, 3.05) is 32.9 Å². The summed E-state index contributed by atoms with van der Waals surface area (Å²) in [5.41, 5.74) is 0. The first-order chi connectivity index (χ1) is 10.8. The Balaban J connectivity index is 1.31. The van der Waals surface area contributed by atoms with E-state index >= 15 is 0 Å². The molecule has 5 nitrogen and oxygen atoms in total. The lowest BCUT2D eigenvalue weighted by Crippen LogP contribution is -2.39. The highest BCUT2D eigenvalue weighted by Crippen LogP contribution is 2.22. The van der Waals surface area contributed by atoms with E-state index in [0.29, 0.717) is 25.7 Å². The number of hydrogen-bond acceptors (Lipinski definition) is 3. The molecule has 0 unspecified atom stereocenters. The third kappa shape index (κ3) is 4.11. The van der Waals surface area contributed by atoms with Crippen LogP contribution in [-0.4, -0.2) is 54.4 Å². The van der Waals surface area contributed by atoms with Gasteiger partial charge in [-0.25, -0.2) is 0 Å². The summed E-state index contributed by atoms with van der Waals surface area (Å²) in [6.07, 6.45) is 9.24. The molecule has 3 heterocycles. The van der Waals surface area contributed by atoms with Crippen molar-refractivity contribution in [1.29, 1.82) is 0 Å². The topological polar surface area (TPSA) is 43.7 Å². The second kappa shape index (κ2) is 7.79. The van der Waals surface area contributed by atoms with Crippen LogP contribution in [0.5, 0.6) is 0 Å². The minimum absolute atomic E-state index is 0.221. The molecule has 0 aliphatic carbocycles. The minimum atomic E-state index is 0.221. The fourth-order valence-corrected chi connectivity index (χ4v) is 3.31. The van der Waals surface area contributed by atoms with Crippen LogP contribution in [0.15, 0.2) is 24.5 Å². The van der Waals surface area contributed by atoms with Gasteiger partial charge < -0.3 is 18.9 Å². The van der Waals surface area contributed by atoms with E-state index in [1.807, 2.05) is 4.90 Å². The normalized spacial score (nSPS) is 23.1. The van der Waals surface area contributed by atoms with Gasteiger partial charge in [-0.3, -0.25) is 4.79 Å². The van der Waals surface area contributed by atoms with Crippen LogP contribution in [0, 0.1) is 0 Å². The Kier molecular flexibility index (Phi) is 5.51. The Bertz CT molecular complexity index is 446. The quantitative estimate of drug-likeness (QED) is 0.757. The maximum absolute atomic E-state index is 12.2. The average Bonchev–Trinajstić information content (AvgIpc) is 3.25. The zero-order valence-electron chi connectivity index (χ0n) is 13.2. The van der Waals surface area contributed by atoms with Crippen molar-refractivity contribution in [2.45, 2.75) is 44.2 Å². The molecule has 1 amide bonds. The number of piperidine rings is 1. The van der Waals surface area contributed by atoms with E-state index in [0.717, 1.165) is 45.4 Å². The molecule has 2 aliphatic heterocycles. The Hall–Kier alpha value is -1.33. The lowest BCUT2D eigenvalue weighted by atomic mass is 10.0. The van der Waals surface area contributed by atoms with Crippen LogP contribution in [0.25, 0.3) is 0 Å². The van der Waals surface area contributed by atoms with Crippen molar-refractivity contribution in [3.8, 4) is 0 Å². The third-order valence-electron chi connectivity index (χ3n) is 4.65. The van der Waals surface area contributed by atoms with Gasteiger partial charge in [0.05, 0.1) is 25.7 Å². The zero-order chi connectivity index (χ0) is 15.2. The number of carbonyl (C=O) groups is 1. The number of nitrogens with zero attached hydrogens (tertiary/aromatic N) is 2. The van der Waals surface area contributed by atoms with Crippen LogP contribution in [0.2, 0.25) is 0 Å². The molecule has 2 fully saturated rings. The van der Waals surface area contributed by atoms with Crippen LogP contribution in [-0.2, 0) is 14.3 Å². The molecule has 3 rings (SSSR count). The Morgan fingerprint density at radius 2 is 1.95 bits per heavy atom. The molecule has 5 heteroatoms. The summed E-state index contributed by atoms with van der Waals surface area (Å²) in [4.78, 5) is 14.2. The molecular weight excluding hydrogens is 280 g/mol. The van der Waals surface area contributed by atoms with Gasteiger partial charge in [-0.05, 0) is 37.8 Å². The van der Waals surface area contributed by atoms with Crippen molar-refractivity contribution < 1.29 is 14.3 Å². The van der Waals surface area contributed by atoms with Crippen molar-refractivity contribution in [1.82, 2.24) is 9.47 Å². The molecule has 1 aromatic heterocycles. The first-order valence-electron chi connectivity index (χ1n) is 8.42. The van der Waals surface area contributed by atoms with E-state index in [2.05, 4.69) is 29.1 Å². The Morgan fingerprint density at radius 1 is 1.18 bits per heavy atom. The minimum Gasteiger partial charge on any atom is -0.378 e. The van der Waals surface area contributed by atoms with Gasteiger partial charge in [0.2, 0.25) is 5.91 Å². The zero-order valence-corrected chi connectivity index (χ0v) is 13.2. The molecule has 1 aromatic rings. The highest BCUT2D eigenvalue weighted by Gasteiger charge is 2.23. The lowest BCUT2D eigenvalue weighted by Gasteiger charge is -2.32. The number of amides is 1. The first kappa shape index (κ1) is 15.6. The average molecular weight is 306 g/mol. The summed E-state index contributed by atoms with van der Waals surface area (Å²) < 4.78 is 13.3. The second-order valence-electron chi connectivity index (χ2n) is 6.20. The SMILES string of the molecule is O=C(CCOC[C@H]1CCCO1)N1CCC(n2cccc2)CC1. The molecule has 1 atom stereocenters. The molecule has 122 valence electrons. The molecule has 0 N–H and O–H groups in total. The van der Waals surface area contributed by atoms with E-state index < -0.39 is 0 Å². The third-order valence-corrected chi connectivity index (χ3v) is 4.65. The van der Waals surface area contributed by atoms with E-state index in [9.17, 15) is 4.79 Å². The molecule has 0 radical (unpaired) electrons. The van der Waals surface area contributed by atoms with Gasteiger partial charge in [0, 0.05) is 38.1 Å². The maximum Gasteiger partial charge on any atom is 0.224 e. The molecular formula is C17H26N2O3. The summed E-state index contributed by atoms with van der Waals surface area (Å²) >= 11 is 0. The predicted octanol–water partition coefficient (Wildman–Crippen LogP) is 2.24. The van der Waals surface area contributed by atoms with Gasteiger partial charge in [0.25, 0.3) is 0 Å². The summed E-state index contributed by atoms with van der Waals surface area (Å²) in [5, 5.41) is 0. The maximum atomic E-state index is 12.2. The van der Waals surface area contributed by atoms with Gasteiger partial charge in [0.1, 0.15) is 0 Å². The monoisotopic (exact) mass is 306 g/mol. The summed E-state index contributed by atoms with van der Waals surface area (Å²) in [5.74, 6) is 0.221. The van der Waals surface area contributed by atoms with Crippen molar-refractivity contribution in [2.24, 2.45) is 0 Å². The van der Waals surface area contributed by atoms with Gasteiger partial charge in [0.15, 0.2) is 0 Å². The smallest absolute Gasteiger partial charge is 0.224 e. The van der Waals surface area contributed by atoms with Crippen LogP contribution in [0.3, 0.4) is 0 Å². The van der Waals surface area contributed by atoms with Gasteiger partial charge >= 0.3 is 0 Å². The predicted molar refractivity (Wildman–Crippen MR) is 83.7 cm³/mol. The first-order valence-corrected chi connectivity index (χ1v) is 8.42. The van der Waals surface area contributed by atoms with E-state index in [1.165, 1.54) is 0 Å². The van der Waals surface area contributed by atoms with Gasteiger partial charge in [-0.2, -0.15) is 0 Å². The fraction of sp³-hybridized carbons (Fsp3) is 0.706. The van der Waals surface area contributed by atoms with Crippen molar-refractivity contribution in [3.05, 3.63) is 24.5 Å². The van der Waals surface area contributed by atoms with Gasteiger partial charge in [-0.15, -0.1) is 0 Å². The lowest BCUT2D eigenvalue weighted by molar-refractivity contribution is -0.133. The highest BCUT2D eigenvalue weighted by atomic mass is 16.5. The van der Waals surface area contributed by atoms with Crippen molar-refractivity contribution in [3.63, 3.8) is 0 Å². The number of rotatable bonds is 6. The molecule has 2 aliphatic rings. The number of aromatic nitrogens is 1. The van der Waals surface area contributed by atoms with E-state index in [1.54, 1.807) is 0 Å². The number of likely N-dealkylation sites (tertiary alicyclic amines) is 1. The number of carbonyl (C=O) groups excluding carboxylic acids is 1. The molecule has 0 bridgehead atoms. The standard InChI is InChI=1S/C17H26N2O3/c20-17(7-13-21-14-16-4-3-12-22-16)19-10-5-15(6-11-19)18-8-1-2-9-18/h1-2,8-9,15-16H,3-7,10-14H2/t16-/m1/s1.